The molecule has 2 rings (SSSR count). The number of hydrogen-bond acceptors (Lipinski definition) is 4. The molecule has 0 radical (unpaired) electrons. The molecule has 17 heavy (non-hydrogen) atoms. The molecule has 0 fully saturated rings. The largest absolute Gasteiger partial charge is 0.396 e. The lowest BCUT2D eigenvalue weighted by Crippen LogP contribution is -2.05. The van der Waals surface area contributed by atoms with Gasteiger partial charge in [0.15, 0.2) is 0 Å². The van der Waals surface area contributed by atoms with E-state index in [1.807, 2.05) is 0 Å². The van der Waals surface area contributed by atoms with Gasteiger partial charge in [-0.2, -0.15) is 0 Å². The lowest BCUT2D eigenvalue weighted by Gasteiger charge is -2.08. The van der Waals surface area contributed by atoms with Crippen molar-refractivity contribution in [3.63, 3.8) is 0 Å². The van der Waals surface area contributed by atoms with Gasteiger partial charge >= 0.3 is 0 Å². The molecular weight excluding hydrogens is 219 g/mol. The maximum absolute atomic E-state index is 13.3. The van der Waals surface area contributed by atoms with Crippen LogP contribution in [-0.4, -0.2) is 4.98 Å². The molecule has 0 amide bonds. The third-order valence-corrected chi connectivity index (χ3v) is 2.38. The van der Waals surface area contributed by atoms with Crippen molar-refractivity contribution in [2.45, 2.75) is 6.54 Å². The van der Waals surface area contributed by atoms with Crippen LogP contribution in [0.25, 0.3) is 0 Å². The Labute approximate surface area is 98.5 Å². The number of hydrogen-bond donors (Lipinski definition) is 3. The summed E-state index contributed by atoms with van der Waals surface area (Å²) in [6.45, 7) is 0.350. The number of rotatable bonds is 3. The molecule has 5 N–H and O–H groups in total. The Kier molecular flexibility index (Phi) is 3.09. The van der Waals surface area contributed by atoms with Gasteiger partial charge in [-0.3, -0.25) is 0 Å². The number of nitrogens with two attached hydrogens (primary N) is 2. The molecule has 88 valence electrons. The highest BCUT2D eigenvalue weighted by Crippen LogP contribution is 2.15. The summed E-state index contributed by atoms with van der Waals surface area (Å²) < 4.78 is 13.3. The smallest absolute Gasteiger partial charge is 0.149 e. The minimum absolute atomic E-state index is 0.247. The first-order valence-corrected chi connectivity index (χ1v) is 5.16. The standard InChI is InChI=1S/C12H13FN4/c13-9-4-2-1-3-8(9)7-16-11-6-5-10(14)12(15)17-11/h1-6H,7,14H2,(H3,15,16,17). The van der Waals surface area contributed by atoms with Crippen molar-refractivity contribution in [1.29, 1.82) is 0 Å². The highest BCUT2D eigenvalue weighted by molar-refractivity contribution is 5.61. The number of anilines is 3. The molecule has 0 aliphatic carbocycles. The van der Waals surface area contributed by atoms with Crippen LogP contribution in [0.1, 0.15) is 5.56 Å². The van der Waals surface area contributed by atoms with Crippen molar-refractivity contribution < 1.29 is 4.39 Å². The number of pyridine rings is 1. The Balaban J connectivity index is 2.08. The number of nitrogens with one attached hydrogen (secondary N) is 1. The molecule has 1 heterocycles. The van der Waals surface area contributed by atoms with Gasteiger partial charge in [-0.15, -0.1) is 0 Å². The van der Waals surface area contributed by atoms with Crippen molar-refractivity contribution in [3.05, 3.63) is 47.8 Å². The molecule has 1 aromatic carbocycles. The third kappa shape index (κ3) is 2.63. The van der Waals surface area contributed by atoms with Gasteiger partial charge in [-0.05, 0) is 18.2 Å². The highest BCUT2D eigenvalue weighted by atomic mass is 19.1. The maximum Gasteiger partial charge on any atom is 0.149 e. The van der Waals surface area contributed by atoms with Gasteiger partial charge in [0.2, 0.25) is 0 Å². The van der Waals surface area contributed by atoms with E-state index in [1.54, 1.807) is 30.3 Å². The van der Waals surface area contributed by atoms with Crippen LogP contribution in [0.4, 0.5) is 21.7 Å². The van der Waals surface area contributed by atoms with Crippen LogP contribution in [0.5, 0.6) is 0 Å². The zero-order valence-corrected chi connectivity index (χ0v) is 9.15. The van der Waals surface area contributed by atoms with Gasteiger partial charge in [0.05, 0.1) is 5.69 Å². The summed E-state index contributed by atoms with van der Waals surface area (Å²) in [6.07, 6.45) is 0. The van der Waals surface area contributed by atoms with E-state index < -0.39 is 0 Å². The van der Waals surface area contributed by atoms with Crippen LogP contribution in [0, 0.1) is 5.82 Å². The van der Waals surface area contributed by atoms with Gasteiger partial charge in [-0.1, -0.05) is 18.2 Å². The van der Waals surface area contributed by atoms with E-state index in [1.165, 1.54) is 6.07 Å². The zero-order chi connectivity index (χ0) is 12.3. The zero-order valence-electron chi connectivity index (χ0n) is 9.15. The van der Waals surface area contributed by atoms with E-state index in [-0.39, 0.29) is 11.6 Å². The van der Waals surface area contributed by atoms with Crippen LogP contribution in [-0.2, 0) is 6.54 Å². The monoisotopic (exact) mass is 232 g/mol. The van der Waals surface area contributed by atoms with E-state index in [2.05, 4.69) is 10.3 Å². The highest BCUT2D eigenvalue weighted by Gasteiger charge is 2.02. The fourth-order valence-electron chi connectivity index (χ4n) is 1.41. The lowest BCUT2D eigenvalue weighted by molar-refractivity contribution is 0.613. The summed E-state index contributed by atoms with van der Waals surface area (Å²) in [6, 6.07) is 9.92. The number of benzene rings is 1. The molecule has 5 heteroatoms. The second-order valence-corrected chi connectivity index (χ2v) is 3.62. The normalized spacial score (nSPS) is 10.2. The summed E-state index contributed by atoms with van der Waals surface area (Å²) in [4.78, 5) is 4.04. The number of aromatic nitrogens is 1. The van der Waals surface area contributed by atoms with E-state index in [0.29, 0.717) is 23.6 Å². The minimum Gasteiger partial charge on any atom is -0.396 e. The number of halogens is 1. The Bertz CT molecular complexity index is 528. The summed E-state index contributed by atoms with van der Waals surface area (Å²) in [5.74, 6) is 0.590. The molecule has 0 saturated heterocycles. The summed E-state index contributed by atoms with van der Waals surface area (Å²) in [5.41, 5.74) is 12.1. The Hall–Kier alpha value is -2.30. The summed E-state index contributed by atoms with van der Waals surface area (Å²) in [7, 11) is 0. The molecule has 0 saturated carbocycles. The van der Waals surface area contributed by atoms with Gasteiger partial charge < -0.3 is 16.8 Å². The van der Waals surface area contributed by atoms with Crippen LogP contribution in [0.3, 0.4) is 0 Å². The van der Waals surface area contributed by atoms with Crippen LogP contribution < -0.4 is 16.8 Å². The lowest BCUT2D eigenvalue weighted by atomic mass is 10.2. The quantitative estimate of drug-likeness (QED) is 0.756. The van der Waals surface area contributed by atoms with E-state index in [9.17, 15) is 4.39 Å². The molecule has 2 aromatic rings. The SMILES string of the molecule is Nc1ccc(NCc2ccccc2F)nc1N. The second kappa shape index (κ2) is 4.69. The molecule has 0 aliphatic heterocycles. The Morgan fingerprint density at radius 3 is 2.59 bits per heavy atom. The molecule has 0 bridgehead atoms. The summed E-state index contributed by atoms with van der Waals surface area (Å²) in [5, 5.41) is 2.98. The maximum atomic E-state index is 13.3. The van der Waals surface area contributed by atoms with Crippen molar-refractivity contribution >= 4 is 17.3 Å². The van der Waals surface area contributed by atoms with Crippen molar-refractivity contribution in [2.75, 3.05) is 16.8 Å². The first kappa shape index (κ1) is 11.2. The van der Waals surface area contributed by atoms with Gasteiger partial charge in [0.25, 0.3) is 0 Å². The van der Waals surface area contributed by atoms with Crippen molar-refractivity contribution in [3.8, 4) is 0 Å². The number of nitrogen functional groups attached to an aromatic ring is 2. The topological polar surface area (TPSA) is 77.0 Å². The first-order valence-electron chi connectivity index (χ1n) is 5.16. The van der Waals surface area contributed by atoms with Crippen LogP contribution in [0.15, 0.2) is 36.4 Å². The Morgan fingerprint density at radius 1 is 1.12 bits per heavy atom. The molecule has 1 aromatic heterocycles. The molecular formula is C12H13FN4. The minimum atomic E-state index is -0.247. The molecule has 0 aliphatic rings. The average Bonchev–Trinajstić information content (AvgIpc) is 2.32. The van der Waals surface area contributed by atoms with E-state index in [4.69, 9.17) is 11.5 Å². The predicted molar refractivity (Wildman–Crippen MR) is 66.8 cm³/mol. The van der Waals surface area contributed by atoms with Crippen LogP contribution in [0.2, 0.25) is 0 Å². The van der Waals surface area contributed by atoms with E-state index >= 15 is 0 Å². The van der Waals surface area contributed by atoms with Crippen molar-refractivity contribution in [1.82, 2.24) is 4.98 Å². The molecule has 0 spiro atoms. The average molecular weight is 232 g/mol. The predicted octanol–water partition coefficient (Wildman–Crippen LogP) is 2.00. The number of nitrogens with zero attached hydrogens (tertiary/aromatic N) is 1. The fraction of sp³-hybridized carbons (Fsp3) is 0.0833. The Morgan fingerprint density at radius 2 is 1.88 bits per heavy atom. The summed E-state index contributed by atoms with van der Waals surface area (Å²) >= 11 is 0. The molecule has 4 nitrogen and oxygen atoms in total. The van der Waals surface area contributed by atoms with Crippen molar-refractivity contribution in [2.24, 2.45) is 0 Å². The molecule has 0 atom stereocenters. The van der Waals surface area contributed by atoms with E-state index in [0.717, 1.165) is 0 Å². The van der Waals surface area contributed by atoms with Gasteiger partial charge in [0.1, 0.15) is 17.5 Å². The third-order valence-electron chi connectivity index (χ3n) is 2.38. The van der Waals surface area contributed by atoms with Crippen LogP contribution >= 0.6 is 0 Å². The fourth-order valence-corrected chi connectivity index (χ4v) is 1.41. The second-order valence-electron chi connectivity index (χ2n) is 3.62. The first-order chi connectivity index (χ1) is 8.16. The van der Waals surface area contributed by atoms with Gasteiger partial charge in [-0.25, -0.2) is 9.37 Å². The van der Waals surface area contributed by atoms with Gasteiger partial charge in [0, 0.05) is 12.1 Å². The molecule has 0 unspecified atom stereocenters.